The first kappa shape index (κ1) is 10.3. The van der Waals surface area contributed by atoms with Crippen LogP contribution in [0.5, 0.6) is 5.88 Å². The van der Waals surface area contributed by atoms with E-state index < -0.39 is 7.82 Å². The van der Waals surface area contributed by atoms with Gasteiger partial charge < -0.3 is 4.52 Å². The molecule has 0 aliphatic heterocycles. The maximum absolute atomic E-state index is 11.0. The fourth-order valence-corrected chi connectivity index (χ4v) is 1.56. The maximum Gasteiger partial charge on any atom is 0.529 e. The van der Waals surface area contributed by atoms with Crippen LogP contribution < -0.4 is 4.52 Å². The molecule has 1 aromatic heterocycles. The summed E-state index contributed by atoms with van der Waals surface area (Å²) in [7, 11) is -4.06. The summed E-state index contributed by atoms with van der Waals surface area (Å²) in [6.07, 6.45) is 2.57. The first-order valence-electron chi connectivity index (χ1n) is 3.19. The molecule has 0 saturated carbocycles. The summed E-state index contributed by atoms with van der Waals surface area (Å²) in [6, 6.07) is 0. The summed E-state index contributed by atoms with van der Waals surface area (Å²) >= 11 is 0.871. The van der Waals surface area contributed by atoms with E-state index in [-0.39, 0.29) is 12.5 Å². The summed E-state index contributed by atoms with van der Waals surface area (Å²) in [6.45, 7) is 3.26. The van der Waals surface area contributed by atoms with Crippen LogP contribution in [0.1, 0.15) is 0 Å². The highest BCUT2D eigenvalue weighted by Crippen LogP contribution is 2.42. The zero-order valence-electron chi connectivity index (χ0n) is 6.49. The largest absolute Gasteiger partial charge is 0.529 e. The molecule has 0 saturated heterocycles. The zero-order valence-corrected chi connectivity index (χ0v) is 8.20. The van der Waals surface area contributed by atoms with Crippen molar-refractivity contribution in [1.29, 1.82) is 0 Å². The molecule has 6 nitrogen and oxygen atoms in total. The van der Waals surface area contributed by atoms with E-state index in [2.05, 4.69) is 24.4 Å². The first-order valence-corrected chi connectivity index (χ1v) is 5.42. The van der Waals surface area contributed by atoms with Crippen molar-refractivity contribution in [3.05, 3.63) is 18.9 Å². The van der Waals surface area contributed by atoms with Crippen molar-refractivity contribution in [2.24, 2.45) is 0 Å². The van der Waals surface area contributed by atoms with Gasteiger partial charge in [-0.1, -0.05) is 6.08 Å². The molecule has 1 atom stereocenters. The van der Waals surface area contributed by atoms with Crippen LogP contribution in [0.15, 0.2) is 18.9 Å². The Labute approximate surface area is 78.8 Å². The van der Waals surface area contributed by atoms with Gasteiger partial charge in [0.25, 0.3) is 5.88 Å². The van der Waals surface area contributed by atoms with Gasteiger partial charge in [0.1, 0.15) is 6.20 Å². The second-order valence-electron chi connectivity index (χ2n) is 1.89. The smallest absolute Gasteiger partial charge is 0.383 e. The number of aromatic nitrogens is 2. The van der Waals surface area contributed by atoms with Crippen LogP contribution in [0.3, 0.4) is 0 Å². The van der Waals surface area contributed by atoms with Crippen molar-refractivity contribution in [2.45, 2.75) is 0 Å². The van der Waals surface area contributed by atoms with E-state index in [9.17, 15) is 4.57 Å². The van der Waals surface area contributed by atoms with Crippen molar-refractivity contribution in [3.8, 4) is 5.88 Å². The van der Waals surface area contributed by atoms with E-state index in [1.165, 1.54) is 12.3 Å². The predicted octanol–water partition coefficient (Wildman–Crippen LogP) is 1.22. The topological polar surface area (TPSA) is 81.5 Å². The van der Waals surface area contributed by atoms with Gasteiger partial charge in [-0.05, 0) is 0 Å². The van der Waals surface area contributed by atoms with Gasteiger partial charge in [0.05, 0.1) is 18.3 Å². The highest BCUT2D eigenvalue weighted by atomic mass is 32.1. The second-order valence-corrected chi connectivity index (χ2v) is 3.82. The summed E-state index contributed by atoms with van der Waals surface area (Å²) in [5.41, 5.74) is 0. The molecule has 1 heterocycles. The molecule has 0 aliphatic carbocycles. The van der Waals surface area contributed by atoms with E-state index in [1.807, 2.05) is 0 Å². The third-order valence-electron chi connectivity index (χ3n) is 0.906. The Balaban J connectivity index is 2.52. The zero-order chi connectivity index (χ0) is 9.73. The average molecular weight is 222 g/mol. The summed E-state index contributed by atoms with van der Waals surface area (Å²) < 4.78 is 27.2. The second kappa shape index (κ2) is 4.48. The molecule has 72 valence electrons. The number of nitrogens with zero attached hydrogens (tertiary/aromatic N) is 2. The van der Waals surface area contributed by atoms with E-state index in [0.717, 1.165) is 11.7 Å². The van der Waals surface area contributed by atoms with Crippen LogP contribution >= 0.6 is 19.6 Å². The molecule has 0 aliphatic rings. The summed E-state index contributed by atoms with van der Waals surface area (Å²) in [4.78, 5) is 9.02. The minimum absolute atomic E-state index is 0.0279. The number of phosphoric ester groups is 1. The van der Waals surface area contributed by atoms with Gasteiger partial charge in [0.15, 0.2) is 0 Å². The number of rotatable bonds is 5. The van der Waals surface area contributed by atoms with Crippen LogP contribution in [-0.2, 0) is 9.09 Å². The minimum Gasteiger partial charge on any atom is -0.383 e. The van der Waals surface area contributed by atoms with Crippen molar-refractivity contribution in [3.63, 3.8) is 0 Å². The fraction of sp³-hybridized carbons (Fsp3) is 0.200. The highest BCUT2D eigenvalue weighted by Gasteiger charge is 2.23. The summed E-state index contributed by atoms with van der Waals surface area (Å²) in [5, 5.41) is 0. The Morgan fingerprint density at radius 1 is 1.85 bits per heavy atom. The lowest BCUT2D eigenvalue weighted by Gasteiger charge is -2.08. The molecule has 13 heavy (non-hydrogen) atoms. The van der Waals surface area contributed by atoms with Gasteiger partial charge in [-0.25, -0.2) is 4.57 Å². The van der Waals surface area contributed by atoms with Crippen LogP contribution in [0, 0.1) is 0 Å². The quantitative estimate of drug-likeness (QED) is 0.595. The fourth-order valence-electron chi connectivity index (χ4n) is 0.488. The number of hydrogen-bond acceptors (Lipinski definition) is 6. The first-order chi connectivity index (χ1) is 6.14. The molecule has 0 amide bonds. The predicted molar refractivity (Wildman–Crippen MR) is 46.5 cm³/mol. The lowest BCUT2D eigenvalue weighted by atomic mass is 10.7. The van der Waals surface area contributed by atoms with Gasteiger partial charge in [-0.3, -0.25) is 9.42 Å². The molecule has 0 spiro atoms. The van der Waals surface area contributed by atoms with Crippen LogP contribution in [0.25, 0.3) is 0 Å². The highest BCUT2D eigenvalue weighted by molar-refractivity contribution is 7.47. The van der Waals surface area contributed by atoms with Crippen molar-refractivity contribution in [1.82, 2.24) is 8.75 Å². The molecule has 0 fully saturated rings. The van der Waals surface area contributed by atoms with Crippen LogP contribution in [0.4, 0.5) is 0 Å². The Morgan fingerprint density at radius 2 is 2.62 bits per heavy atom. The molecular formula is C5H7N2O4PS. The Morgan fingerprint density at radius 3 is 3.15 bits per heavy atom. The molecule has 1 rings (SSSR count). The van der Waals surface area contributed by atoms with E-state index >= 15 is 0 Å². The molecule has 0 bridgehead atoms. The molecule has 1 aromatic rings. The summed E-state index contributed by atoms with van der Waals surface area (Å²) in [5.74, 6) is -0.0279. The van der Waals surface area contributed by atoms with E-state index in [1.54, 1.807) is 0 Å². The average Bonchev–Trinajstić information content (AvgIpc) is 2.52. The molecule has 8 heteroatoms. The molecule has 0 aromatic carbocycles. The van der Waals surface area contributed by atoms with Gasteiger partial charge in [0.2, 0.25) is 0 Å². The molecule has 1 unspecified atom stereocenters. The van der Waals surface area contributed by atoms with Crippen molar-refractivity contribution >= 4 is 19.6 Å². The third kappa shape index (κ3) is 3.65. The van der Waals surface area contributed by atoms with Gasteiger partial charge >= 0.3 is 7.82 Å². The van der Waals surface area contributed by atoms with Crippen LogP contribution in [-0.4, -0.2) is 20.2 Å². The van der Waals surface area contributed by atoms with Gasteiger partial charge in [-0.2, -0.15) is 4.37 Å². The lowest BCUT2D eigenvalue weighted by molar-refractivity contribution is 0.221. The number of phosphoric acid groups is 1. The third-order valence-corrected chi connectivity index (χ3v) is 2.26. The monoisotopic (exact) mass is 222 g/mol. The normalized spacial score (nSPS) is 14.8. The Kier molecular flexibility index (Phi) is 3.56. The Bertz CT molecular complexity index is 314. The Hall–Kier alpha value is -0.750. The van der Waals surface area contributed by atoms with Crippen molar-refractivity contribution in [2.75, 3.05) is 6.61 Å². The van der Waals surface area contributed by atoms with Gasteiger partial charge in [-0.15, -0.1) is 11.0 Å². The molecular weight excluding hydrogens is 215 g/mol. The van der Waals surface area contributed by atoms with E-state index in [0.29, 0.717) is 0 Å². The maximum atomic E-state index is 11.0. The molecule has 1 N–H and O–H groups in total. The van der Waals surface area contributed by atoms with E-state index in [4.69, 9.17) is 4.89 Å². The molecule has 0 radical (unpaired) electrons. The lowest BCUT2D eigenvalue weighted by Crippen LogP contribution is -1.97. The SMILES string of the molecule is C=CCOP(=O)(O)Oc1cnsn1. The number of hydrogen-bond donors (Lipinski definition) is 1. The standard InChI is InChI=1S/C5H7N2O4PS/c1-2-3-10-12(8,9)11-5-4-6-13-7-5/h2,4H,1,3H2,(H,8,9). The minimum atomic E-state index is -4.06. The van der Waals surface area contributed by atoms with Gasteiger partial charge in [0, 0.05) is 0 Å². The van der Waals surface area contributed by atoms with Crippen molar-refractivity contribution < 1.29 is 18.5 Å². The van der Waals surface area contributed by atoms with Crippen LogP contribution in [0.2, 0.25) is 0 Å².